The van der Waals surface area contributed by atoms with Crippen molar-refractivity contribution in [3.63, 3.8) is 0 Å². The summed E-state index contributed by atoms with van der Waals surface area (Å²) in [7, 11) is 0. The molecule has 3 rings (SSSR count). The van der Waals surface area contributed by atoms with Gasteiger partial charge < -0.3 is 0 Å². The van der Waals surface area contributed by atoms with Crippen LogP contribution in [0.15, 0.2) is 30.3 Å². The highest BCUT2D eigenvalue weighted by Crippen LogP contribution is 2.57. The van der Waals surface area contributed by atoms with Gasteiger partial charge in [-0.25, -0.2) is 0 Å². The van der Waals surface area contributed by atoms with Gasteiger partial charge in [0.25, 0.3) is 0 Å². The largest absolute Gasteiger partial charge is 0.297 e. The zero-order valence-electron chi connectivity index (χ0n) is 9.56. The van der Waals surface area contributed by atoms with Crippen LogP contribution in [-0.2, 0) is 0 Å². The summed E-state index contributed by atoms with van der Waals surface area (Å²) in [5, 5.41) is 0. The summed E-state index contributed by atoms with van der Waals surface area (Å²) in [6.45, 7) is 5.96. The minimum Gasteiger partial charge on any atom is -0.297 e. The Balaban J connectivity index is 1.79. The van der Waals surface area contributed by atoms with Crippen LogP contribution in [0.4, 0.5) is 0 Å². The number of rotatable bonds is 2. The van der Waals surface area contributed by atoms with Crippen LogP contribution >= 0.6 is 0 Å². The highest BCUT2D eigenvalue weighted by atomic mass is 15.3. The van der Waals surface area contributed by atoms with Crippen LogP contribution in [0.1, 0.15) is 31.7 Å². The van der Waals surface area contributed by atoms with Crippen molar-refractivity contribution < 1.29 is 0 Å². The number of nitrogens with zero attached hydrogens (tertiary/aromatic N) is 1. The first kappa shape index (κ1) is 9.41. The van der Waals surface area contributed by atoms with Crippen LogP contribution in [-0.4, -0.2) is 23.5 Å². The lowest BCUT2D eigenvalue weighted by Crippen LogP contribution is -2.31. The fraction of sp³-hybridized carbons (Fsp3) is 0.571. The molecule has 1 aromatic rings. The van der Waals surface area contributed by atoms with Gasteiger partial charge in [0.05, 0.1) is 0 Å². The highest BCUT2D eigenvalue weighted by Gasteiger charge is 2.57. The van der Waals surface area contributed by atoms with Crippen LogP contribution in [0.2, 0.25) is 0 Å². The van der Waals surface area contributed by atoms with Gasteiger partial charge >= 0.3 is 0 Å². The molecule has 2 aliphatic rings. The topological polar surface area (TPSA) is 3.24 Å². The molecule has 1 heteroatoms. The average Bonchev–Trinajstić information content (AvgIpc) is 2.79. The van der Waals surface area contributed by atoms with E-state index in [0.717, 1.165) is 17.9 Å². The number of benzene rings is 1. The molecule has 0 bridgehead atoms. The Morgan fingerprint density at radius 1 is 1.20 bits per heavy atom. The second kappa shape index (κ2) is 3.34. The van der Waals surface area contributed by atoms with Crippen molar-refractivity contribution in [3.8, 4) is 0 Å². The van der Waals surface area contributed by atoms with Gasteiger partial charge in [0.2, 0.25) is 0 Å². The maximum Gasteiger partial charge on any atom is 0.0205 e. The Morgan fingerprint density at radius 2 is 1.93 bits per heavy atom. The SMILES string of the molecule is CC(C)N1CCC2C(c3ccccc3)C21. The lowest BCUT2D eigenvalue weighted by atomic mass is 10.1. The Hall–Kier alpha value is -0.820. The predicted octanol–water partition coefficient (Wildman–Crippen LogP) is 2.88. The first-order valence-corrected chi connectivity index (χ1v) is 6.09. The summed E-state index contributed by atoms with van der Waals surface area (Å²) in [5.41, 5.74) is 1.55. The van der Waals surface area contributed by atoms with E-state index in [4.69, 9.17) is 0 Å². The molecular formula is C14H19N. The first-order chi connectivity index (χ1) is 7.29. The van der Waals surface area contributed by atoms with Crippen LogP contribution < -0.4 is 0 Å². The van der Waals surface area contributed by atoms with Crippen LogP contribution in [0.25, 0.3) is 0 Å². The molecule has 1 aliphatic carbocycles. The van der Waals surface area contributed by atoms with Crippen molar-refractivity contribution in [3.05, 3.63) is 35.9 Å². The van der Waals surface area contributed by atoms with E-state index in [1.165, 1.54) is 13.0 Å². The van der Waals surface area contributed by atoms with Crippen molar-refractivity contribution in [2.45, 2.75) is 38.3 Å². The van der Waals surface area contributed by atoms with Crippen molar-refractivity contribution in [2.24, 2.45) is 5.92 Å². The molecule has 0 radical (unpaired) electrons. The molecule has 1 aromatic carbocycles. The second-order valence-electron chi connectivity index (χ2n) is 5.21. The zero-order chi connectivity index (χ0) is 10.4. The Morgan fingerprint density at radius 3 is 2.60 bits per heavy atom. The Bertz CT molecular complexity index is 344. The summed E-state index contributed by atoms with van der Waals surface area (Å²) in [6.07, 6.45) is 1.41. The van der Waals surface area contributed by atoms with Gasteiger partial charge in [0, 0.05) is 18.0 Å². The number of hydrogen-bond acceptors (Lipinski definition) is 1. The Kier molecular flexibility index (Phi) is 2.10. The fourth-order valence-corrected chi connectivity index (χ4v) is 3.33. The van der Waals surface area contributed by atoms with E-state index in [1.807, 2.05) is 0 Å². The summed E-state index contributed by atoms with van der Waals surface area (Å²) in [5.74, 6) is 1.79. The second-order valence-corrected chi connectivity index (χ2v) is 5.21. The maximum atomic E-state index is 2.68. The van der Waals surface area contributed by atoms with Crippen molar-refractivity contribution >= 4 is 0 Å². The van der Waals surface area contributed by atoms with Gasteiger partial charge in [0.1, 0.15) is 0 Å². The van der Waals surface area contributed by atoms with E-state index >= 15 is 0 Å². The smallest absolute Gasteiger partial charge is 0.0205 e. The molecule has 3 atom stereocenters. The molecule has 1 nitrogen and oxygen atoms in total. The Labute approximate surface area is 92.1 Å². The molecule has 2 fully saturated rings. The number of likely N-dealkylation sites (tertiary alicyclic amines) is 1. The summed E-state index contributed by atoms with van der Waals surface area (Å²) >= 11 is 0. The van der Waals surface area contributed by atoms with Crippen molar-refractivity contribution in [1.29, 1.82) is 0 Å². The highest BCUT2D eigenvalue weighted by molar-refractivity contribution is 5.32. The molecule has 1 aliphatic heterocycles. The molecule has 1 saturated carbocycles. The van der Waals surface area contributed by atoms with Gasteiger partial charge in [-0.15, -0.1) is 0 Å². The third kappa shape index (κ3) is 1.41. The number of piperidine rings is 1. The number of hydrogen-bond donors (Lipinski definition) is 0. The number of fused-ring (bicyclic) bond motifs is 1. The van der Waals surface area contributed by atoms with Gasteiger partial charge in [-0.05, 0) is 38.3 Å². The lowest BCUT2D eigenvalue weighted by Gasteiger charge is -2.24. The molecule has 3 unspecified atom stereocenters. The molecule has 0 aromatic heterocycles. The van der Waals surface area contributed by atoms with Gasteiger partial charge in [-0.3, -0.25) is 4.90 Å². The predicted molar refractivity (Wildman–Crippen MR) is 62.9 cm³/mol. The summed E-state index contributed by atoms with van der Waals surface area (Å²) in [6, 6.07) is 12.6. The van der Waals surface area contributed by atoms with Crippen LogP contribution in [0, 0.1) is 5.92 Å². The molecular weight excluding hydrogens is 182 g/mol. The van der Waals surface area contributed by atoms with E-state index in [9.17, 15) is 0 Å². The van der Waals surface area contributed by atoms with Gasteiger partial charge in [0.15, 0.2) is 0 Å². The molecule has 0 amide bonds. The fourth-order valence-electron chi connectivity index (χ4n) is 3.33. The maximum absolute atomic E-state index is 2.68. The summed E-state index contributed by atoms with van der Waals surface area (Å²) < 4.78 is 0. The van der Waals surface area contributed by atoms with E-state index in [0.29, 0.717) is 6.04 Å². The normalized spacial score (nSPS) is 34.5. The van der Waals surface area contributed by atoms with E-state index in [-0.39, 0.29) is 0 Å². The average molecular weight is 201 g/mol. The molecule has 1 saturated heterocycles. The summed E-state index contributed by atoms with van der Waals surface area (Å²) in [4.78, 5) is 2.68. The monoisotopic (exact) mass is 201 g/mol. The van der Waals surface area contributed by atoms with Crippen LogP contribution in [0.3, 0.4) is 0 Å². The molecule has 1 heterocycles. The quantitative estimate of drug-likeness (QED) is 0.711. The molecule has 0 spiro atoms. The molecule has 80 valence electrons. The third-order valence-corrected chi connectivity index (χ3v) is 4.08. The van der Waals surface area contributed by atoms with E-state index < -0.39 is 0 Å². The lowest BCUT2D eigenvalue weighted by molar-refractivity contribution is 0.236. The van der Waals surface area contributed by atoms with Gasteiger partial charge in [-0.2, -0.15) is 0 Å². The standard InChI is InChI=1S/C14H19N/c1-10(2)15-9-8-12-13(14(12)15)11-6-4-3-5-7-11/h3-7,10,12-14H,8-9H2,1-2H3. The minimum atomic E-state index is 0.716. The molecule has 15 heavy (non-hydrogen) atoms. The minimum absolute atomic E-state index is 0.716. The van der Waals surface area contributed by atoms with E-state index in [2.05, 4.69) is 49.1 Å². The van der Waals surface area contributed by atoms with E-state index in [1.54, 1.807) is 5.56 Å². The van der Waals surface area contributed by atoms with Gasteiger partial charge in [-0.1, -0.05) is 30.3 Å². The molecule has 0 N–H and O–H groups in total. The third-order valence-electron chi connectivity index (χ3n) is 4.08. The van der Waals surface area contributed by atoms with Crippen molar-refractivity contribution in [1.82, 2.24) is 4.90 Å². The van der Waals surface area contributed by atoms with Crippen LogP contribution in [0.5, 0.6) is 0 Å². The first-order valence-electron chi connectivity index (χ1n) is 6.09. The van der Waals surface area contributed by atoms with Crippen molar-refractivity contribution in [2.75, 3.05) is 6.54 Å². The zero-order valence-corrected chi connectivity index (χ0v) is 9.56.